The topological polar surface area (TPSA) is 67.2 Å². The molecule has 26 heavy (non-hydrogen) atoms. The molecule has 0 bridgehead atoms. The summed E-state index contributed by atoms with van der Waals surface area (Å²) in [5.74, 6) is 0.0739. The molecular weight excluding hydrogens is 328 g/mol. The largest absolute Gasteiger partial charge is 0.352 e. The summed E-state index contributed by atoms with van der Waals surface area (Å²) in [5, 5.41) is 7.34. The van der Waals surface area contributed by atoms with Crippen LogP contribution in [0, 0.1) is 19.8 Å². The number of aromatic nitrogens is 2. The first-order valence-corrected chi connectivity index (χ1v) is 9.08. The lowest BCUT2D eigenvalue weighted by Gasteiger charge is -2.31. The maximum atomic E-state index is 12.8. The fourth-order valence-electron chi connectivity index (χ4n) is 3.52. The van der Waals surface area contributed by atoms with Crippen LogP contribution in [-0.2, 0) is 18.4 Å². The third-order valence-corrected chi connectivity index (χ3v) is 5.19. The minimum atomic E-state index is -0.0288. The van der Waals surface area contributed by atoms with Crippen LogP contribution in [0.15, 0.2) is 30.3 Å². The van der Waals surface area contributed by atoms with Gasteiger partial charge < -0.3 is 10.2 Å². The first-order valence-electron chi connectivity index (χ1n) is 9.08. The number of rotatable bonds is 4. The molecule has 1 aliphatic rings. The summed E-state index contributed by atoms with van der Waals surface area (Å²) in [6, 6.07) is 9.89. The van der Waals surface area contributed by atoms with Crippen molar-refractivity contribution in [2.75, 3.05) is 13.1 Å². The number of nitrogens with zero attached hydrogens (tertiary/aromatic N) is 3. The number of piperidine rings is 1. The van der Waals surface area contributed by atoms with Gasteiger partial charge in [0.25, 0.3) is 5.91 Å². The summed E-state index contributed by atoms with van der Waals surface area (Å²) in [7, 11) is 1.85. The van der Waals surface area contributed by atoms with E-state index in [1.807, 2.05) is 56.1 Å². The summed E-state index contributed by atoms with van der Waals surface area (Å²) in [6.07, 6.45) is 1.40. The second-order valence-electron chi connectivity index (χ2n) is 6.94. The lowest BCUT2D eigenvalue weighted by atomic mass is 9.95. The van der Waals surface area contributed by atoms with Crippen molar-refractivity contribution in [2.45, 2.75) is 33.2 Å². The average Bonchev–Trinajstić information content (AvgIpc) is 2.92. The van der Waals surface area contributed by atoms with E-state index in [1.165, 1.54) is 0 Å². The molecule has 1 aliphatic heterocycles. The summed E-state index contributed by atoms with van der Waals surface area (Å²) in [5.41, 5.74) is 3.43. The van der Waals surface area contributed by atoms with Crippen molar-refractivity contribution in [1.29, 1.82) is 0 Å². The molecule has 2 heterocycles. The van der Waals surface area contributed by atoms with Gasteiger partial charge in [0.05, 0.1) is 11.3 Å². The fourth-order valence-corrected chi connectivity index (χ4v) is 3.52. The van der Waals surface area contributed by atoms with Gasteiger partial charge in [-0.2, -0.15) is 5.10 Å². The molecule has 0 atom stereocenters. The van der Waals surface area contributed by atoms with E-state index in [9.17, 15) is 9.59 Å². The minimum Gasteiger partial charge on any atom is -0.352 e. The molecule has 1 saturated heterocycles. The minimum absolute atomic E-state index is 0.0243. The Hall–Kier alpha value is -2.63. The fraction of sp³-hybridized carbons (Fsp3) is 0.450. The molecule has 138 valence electrons. The lowest BCUT2D eigenvalue weighted by Crippen LogP contribution is -2.43. The number of aryl methyl sites for hydroxylation is 2. The lowest BCUT2D eigenvalue weighted by molar-refractivity contribution is -0.126. The molecule has 0 unspecified atom stereocenters. The normalized spacial score (nSPS) is 15.1. The SMILES string of the molecule is Cc1nn(C)c(C)c1C(=O)N1CCC(C(=O)NCc2ccccc2)CC1. The van der Waals surface area contributed by atoms with E-state index >= 15 is 0 Å². The van der Waals surface area contributed by atoms with Gasteiger partial charge in [0.1, 0.15) is 0 Å². The zero-order chi connectivity index (χ0) is 18.7. The Morgan fingerprint density at radius 2 is 1.81 bits per heavy atom. The maximum absolute atomic E-state index is 12.8. The van der Waals surface area contributed by atoms with Gasteiger partial charge in [0.15, 0.2) is 0 Å². The van der Waals surface area contributed by atoms with E-state index in [4.69, 9.17) is 0 Å². The van der Waals surface area contributed by atoms with Crippen LogP contribution in [0.25, 0.3) is 0 Å². The molecule has 1 fully saturated rings. The summed E-state index contributed by atoms with van der Waals surface area (Å²) >= 11 is 0. The van der Waals surface area contributed by atoms with Gasteiger partial charge in [0.2, 0.25) is 5.91 Å². The average molecular weight is 354 g/mol. The first kappa shape index (κ1) is 18.2. The molecule has 1 N–H and O–H groups in total. The van der Waals surface area contributed by atoms with Gasteiger partial charge in [0, 0.05) is 38.3 Å². The van der Waals surface area contributed by atoms with Crippen LogP contribution < -0.4 is 5.32 Å². The van der Waals surface area contributed by atoms with Crippen LogP contribution in [0.3, 0.4) is 0 Å². The Balaban J connectivity index is 1.53. The zero-order valence-electron chi connectivity index (χ0n) is 15.7. The van der Waals surface area contributed by atoms with Crippen LogP contribution >= 0.6 is 0 Å². The van der Waals surface area contributed by atoms with E-state index < -0.39 is 0 Å². The Labute approximate surface area is 154 Å². The maximum Gasteiger partial charge on any atom is 0.257 e. The number of likely N-dealkylation sites (tertiary alicyclic amines) is 1. The molecule has 6 heteroatoms. The number of carbonyl (C=O) groups is 2. The number of amides is 2. The Morgan fingerprint density at radius 1 is 1.15 bits per heavy atom. The van der Waals surface area contributed by atoms with Crippen LogP contribution in [0.5, 0.6) is 0 Å². The van der Waals surface area contributed by atoms with Crippen molar-refractivity contribution < 1.29 is 9.59 Å². The highest BCUT2D eigenvalue weighted by molar-refractivity contribution is 5.96. The van der Waals surface area contributed by atoms with Gasteiger partial charge in [-0.25, -0.2) is 0 Å². The van der Waals surface area contributed by atoms with E-state index in [0.29, 0.717) is 38.0 Å². The number of nitrogens with one attached hydrogen (secondary N) is 1. The van der Waals surface area contributed by atoms with E-state index in [0.717, 1.165) is 17.0 Å². The molecular formula is C20H26N4O2. The first-order chi connectivity index (χ1) is 12.5. The predicted octanol–water partition coefficient (Wildman–Crippen LogP) is 2.21. The van der Waals surface area contributed by atoms with Crippen molar-refractivity contribution in [1.82, 2.24) is 20.0 Å². The van der Waals surface area contributed by atoms with E-state index in [2.05, 4.69) is 10.4 Å². The van der Waals surface area contributed by atoms with Crippen molar-refractivity contribution >= 4 is 11.8 Å². The molecule has 6 nitrogen and oxygen atoms in total. The third-order valence-electron chi connectivity index (χ3n) is 5.19. The molecule has 2 aromatic rings. The molecule has 1 aromatic heterocycles. The van der Waals surface area contributed by atoms with Crippen molar-refractivity contribution in [2.24, 2.45) is 13.0 Å². The quantitative estimate of drug-likeness (QED) is 0.915. The summed E-state index contributed by atoms with van der Waals surface area (Å²) in [4.78, 5) is 27.1. The van der Waals surface area contributed by atoms with Crippen molar-refractivity contribution in [3.05, 3.63) is 52.8 Å². The number of carbonyl (C=O) groups excluding carboxylic acids is 2. The van der Waals surface area contributed by atoms with Crippen molar-refractivity contribution in [3.63, 3.8) is 0 Å². The Morgan fingerprint density at radius 3 is 2.38 bits per heavy atom. The predicted molar refractivity (Wildman–Crippen MR) is 99.6 cm³/mol. The van der Waals surface area contributed by atoms with Crippen LogP contribution in [0.1, 0.15) is 40.2 Å². The zero-order valence-corrected chi connectivity index (χ0v) is 15.7. The molecule has 0 saturated carbocycles. The van der Waals surface area contributed by atoms with Crippen LogP contribution in [0.4, 0.5) is 0 Å². The smallest absolute Gasteiger partial charge is 0.257 e. The van der Waals surface area contributed by atoms with Gasteiger partial charge in [-0.3, -0.25) is 14.3 Å². The highest BCUT2D eigenvalue weighted by Gasteiger charge is 2.29. The second kappa shape index (κ2) is 7.72. The Kier molecular flexibility index (Phi) is 5.40. The molecule has 3 rings (SSSR count). The number of hydrogen-bond donors (Lipinski definition) is 1. The molecule has 1 aromatic carbocycles. The highest BCUT2D eigenvalue weighted by Crippen LogP contribution is 2.22. The highest BCUT2D eigenvalue weighted by atomic mass is 16.2. The van der Waals surface area contributed by atoms with Gasteiger partial charge >= 0.3 is 0 Å². The number of benzene rings is 1. The summed E-state index contributed by atoms with van der Waals surface area (Å²) < 4.78 is 1.74. The third kappa shape index (κ3) is 3.79. The molecule has 2 amide bonds. The summed E-state index contributed by atoms with van der Waals surface area (Å²) in [6.45, 7) is 5.54. The van der Waals surface area contributed by atoms with Crippen LogP contribution in [-0.4, -0.2) is 39.6 Å². The van der Waals surface area contributed by atoms with Gasteiger partial charge in [-0.05, 0) is 32.3 Å². The monoisotopic (exact) mass is 354 g/mol. The van der Waals surface area contributed by atoms with Gasteiger partial charge in [-0.1, -0.05) is 30.3 Å². The van der Waals surface area contributed by atoms with Gasteiger partial charge in [-0.15, -0.1) is 0 Å². The second-order valence-corrected chi connectivity index (χ2v) is 6.94. The number of hydrogen-bond acceptors (Lipinski definition) is 3. The molecule has 0 radical (unpaired) electrons. The van der Waals surface area contributed by atoms with E-state index in [-0.39, 0.29) is 17.7 Å². The standard InChI is InChI=1S/C20H26N4O2/c1-14-18(15(2)23(3)22-14)20(26)24-11-9-17(10-12-24)19(25)21-13-16-7-5-4-6-8-16/h4-8,17H,9-13H2,1-3H3,(H,21,25). The molecule has 0 spiro atoms. The van der Waals surface area contributed by atoms with Crippen LogP contribution in [0.2, 0.25) is 0 Å². The Bertz CT molecular complexity index is 790. The molecule has 0 aliphatic carbocycles. The van der Waals surface area contributed by atoms with Crippen molar-refractivity contribution in [3.8, 4) is 0 Å². The van der Waals surface area contributed by atoms with E-state index in [1.54, 1.807) is 4.68 Å².